The second kappa shape index (κ2) is 5.63. The molecule has 0 aromatic heterocycles. The van der Waals surface area contributed by atoms with E-state index in [1.165, 1.54) is 12.1 Å². The molecule has 1 aromatic carbocycles. The molecule has 86 valence electrons. The molecule has 0 saturated heterocycles. The lowest BCUT2D eigenvalue weighted by atomic mass is 10.2. The average Bonchev–Trinajstić information content (AvgIpc) is 2.24. The van der Waals surface area contributed by atoms with Crippen LogP contribution in [0.15, 0.2) is 47.4 Å². The molecule has 0 radical (unpaired) electrons. The lowest BCUT2D eigenvalue weighted by Gasteiger charge is -1.97. The molecule has 0 aliphatic carbocycles. The molecule has 0 saturated carbocycles. The second-order valence-electron chi connectivity index (χ2n) is 3.25. The van der Waals surface area contributed by atoms with E-state index >= 15 is 0 Å². The fourth-order valence-electron chi connectivity index (χ4n) is 1.17. The van der Waals surface area contributed by atoms with E-state index in [1.807, 2.05) is 31.2 Å². The molecule has 0 bridgehead atoms. The maximum atomic E-state index is 10.8. The van der Waals surface area contributed by atoms with Gasteiger partial charge in [-0.3, -0.25) is 4.55 Å². The third kappa shape index (κ3) is 4.00. The summed E-state index contributed by atoms with van der Waals surface area (Å²) in [6, 6.07) is 6.06. The van der Waals surface area contributed by atoms with Crippen molar-refractivity contribution >= 4 is 16.2 Å². The average molecular weight is 238 g/mol. The van der Waals surface area contributed by atoms with Crippen LogP contribution in [0.5, 0.6) is 0 Å². The third-order valence-electron chi connectivity index (χ3n) is 2.00. The molecule has 0 aliphatic heterocycles. The predicted octanol–water partition coefficient (Wildman–Crippen LogP) is 2.91. The number of rotatable bonds is 4. The minimum atomic E-state index is -4.08. The molecule has 0 heterocycles. The highest BCUT2D eigenvalue weighted by Crippen LogP contribution is 2.11. The molecular formula is C12H14O3S. The Balaban J connectivity index is 2.76. The number of benzene rings is 1. The van der Waals surface area contributed by atoms with Gasteiger partial charge in [-0.2, -0.15) is 8.42 Å². The van der Waals surface area contributed by atoms with Crippen LogP contribution < -0.4 is 0 Å². The Kier molecular flexibility index (Phi) is 4.46. The smallest absolute Gasteiger partial charge is 0.282 e. The van der Waals surface area contributed by atoms with Crippen molar-refractivity contribution in [1.82, 2.24) is 0 Å². The van der Waals surface area contributed by atoms with Gasteiger partial charge in [0.2, 0.25) is 0 Å². The predicted molar refractivity (Wildman–Crippen MR) is 64.7 cm³/mol. The van der Waals surface area contributed by atoms with Crippen molar-refractivity contribution in [3.63, 3.8) is 0 Å². The zero-order chi connectivity index (χ0) is 12.0. The molecular weight excluding hydrogens is 224 g/mol. The Bertz CT molecular complexity index is 482. The van der Waals surface area contributed by atoms with Gasteiger partial charge in [0, 0.05) is 0 Å². The van der Waals surface area contributed by atoms with Gasteiger partial charge in [-0.15, -0.1) is 0 Å². The Morgan fingerprint density at radius 2 is 1.81 bits per heavy atom. The molecule has 16 heavy (non-hydrogen) atoms. The summed E-state index contributed by atoms with van der Waals surface area (Å²) in [5, 5.41) is 0. The van der Waals surface area contributed by atoms with E-state index in [0.29, 0.717) is 0 Å². The molecule has 0 amide bonds. The van der Waals surface area contributed by atoms with E-state index in [9.17, 15) is 8.42 Å². The molecule has 0 fully saturated rings. The van der Waals surface area contributed by atoms with Crippen molar-refractivity contribution < 1.29 is 13.0 Å². The van der Waals surface area contributed by atoms with E-state index in [4.69, 9.17) is 4.55 Å². The fourth-order valence-corrected chi connectivity index (χ4v) is 1.65. The van der Waals surface area contributed by atoms with Gasteiger partial charge in [-0.05, 0) is 31.0 Å². The monoisotopic (exact) mass is 238 g/mol. The van der Waals surface area contributed by atoms with Crippen molar-refractivity contribution in [2.24, 2.45) is 0 Å². The Hall–Kier alpha value is -1.39. The van der Waals surface area contributed by atoms with Gasteiger partial charge >= 0.3 is 0 Å². The van der Waals surface area contributed by atoms with Crippen molar-refractivity contribution in [3.05, 3.63) is 48.1 Å². The van der Waals surface area contributed by atoms with Crippen LogP contribution in [0.2, 0.25) is 0 Å². The minimum absolute atomic E-state index is 0.0851. The molecule has 1 N–H and O–H groups in total. The number of hydrogen-bond acceptors (Lipinski definition) is 2. The normalized spacial score (nSPS) is 12.6. The summed E-state index contributed by atoms with van der Waals surface area (Å²) in [7, 11) is -4.08. The van der Waals surface area contributed by atoms with E-state index in [0.717, 1.165) is 12.0 Å². The van der Waals surface area contributed by atoms with E-state index < -0.39 is 10.1 Å². The molecule has 3 nitrogen and oxygen atoms in total. The minimum Gasteiger partial charge on any atom is -0.282 e. The molecule has 0 aliphatic rings. The lowest BCUT2D eigenvalue weighted by Crippen LogP contribution is -1.97. The van der Waals surface area contributed by atoms with Crippen molar-refractivity contribution in [2.45, 2.75) is 18.2 Å². The van der Waals surface area contributed by atoms with Crippen LogP contribution >= 0.6 is 0 Å². The first-order chi connectivity index (χ1) is 7.54. The van der Waals surface area contributed by atoms with Gasteiger partial charge in [0.15, 0.2) is 0 Å². The van der Waals surface area contributed by atoms with Gasteiger partial charge < -0.3 is 0 Å². The lowest BCUT2D eigenvalue weighted by molar-refractivity contribution is 0.483. The van der Waals surface area contributed by atoms with Crippen molar-refractivity contribution in [3.8, 4) is 0 Å². The summed E-state index contributed by atoms with van der Waals surface area (Å²) in [5.74, 6) is 0. The van der Waals surface area contributed by atoms with E-state index in [2.05, 4.69) is 0 Å². The van der Waals surface area contributed by atoms with Gasteiger partial charge in [-0.1, -0.05) is 36.4 Å². The van der Waals surface area contributed by atoms with Crippen LogP contribution in [0, 0.1) is 0 Å². The maximum absolute atomic E-state index is 10.8. The van der Waals surface area contributed by atoms with E-state index in [-0.39, 0.29) is 4.90 Å². The standard InChI is InChI=1S/C12H14O3S/c1-2-3-4-5-6-11-7-9-12(10-8-11)16(13,14)15/h2-3,5-10H,4H2,1H3,(H,13,14,15). The van der Waals surface area contributed by atoms with Gasteiger partial charge in [-0.25, -0.2) is 0 Å². The van der Waals surface area contributed by atoms with Gasteiger partial charge in [0.25, 0.3) is 10.1 Å². The molecule has 0 unspecified atom stereocenters. The zero-order valence-electron chi connectivity index (χ0n) is 9.00. The first-order valence-electron chi connectivity index (χ1n) is 4.89. The molecule has 0 atom stereocenters. The summed E-state index contributed by atoms with van der Waals surface area (Å²) in [4.78, 5) is -0.0851. The summed E-state index contributed by atoms with van der Waals surface area (Å²) >= 11 is 0. The van der Waals surface area contributed by atoms with Crippen LogP contribution in [0.1, 0.15) is 18.9 Å². The zero-order valence-corrected chi connectivity index (χ0v) is 9.81. The highest BCUT2D eigenvalue weighted by molar-refractivity contribution is 7.85. The first-order valence-corrected chi connectivity index (χ1v) is 6.33. The molecule has 1 rings (SSSR count). The van der Waals surface area contributed by atoms with E-state index in [1.54, 1.807) is 12.1 Å². The number of allylic oxidation sites excluding steroid dienone is 3. The van der Waals surface area contributed by atoms with Gasteiger partial charge in [0.1, 0.15) is 0 Å². The van der Waals surface area contributed by atoms with Crippen LogP contribution in [0.4, 0.5) is 0 Å². The Morgan fingerprint density at radius 3 is 2.31 bits per heavy atom. The summed E-state index contributed by atoms with van der Waals surface area (Å²) in [6.07, 6.45) is 8.70. The first kappa shape index (κ1) is 12.7. The highest BCUT2D eigenvalue weighted by atomic mass is 32.2. The van der Waals surface area contributed by atoms with Crippen LogP contribution in [0.25, 0.3) is 6.08 Å². The SMILES string of the molecule is CC=CCC=Cc1ccc(S(=O)(=O)O)cc1. The summed E-state index contributed by atoms with van der Waals surface area (Å²) in [6.45, 7) is 1.95. The molecule has 1 aromatic rings. The fraction of sp³-hybridized carbons (Fsp3) is 0.167. The van der Waals surface area contributed by atoms with Crippen LogP contribution in [-0.2, 0) is 10.1 Å². The van der Waals surface area contributed by atoms with Gasteiger partial charge in [0.05, 0.1) is 4.90 Å². The largest absolute Gasteiger partial charge is 0.294 e. The van der Waals surface area contributed by atoms with Crippen LogP contribution in [-0.4, -0.2) is 13.0 Å². The molecule has 4 heteroatoms. The highest BCUT2D eigenvalue weighted by Gasteiger charge is 2.07. The molecule has 0 spiro atoms. The summed E-state index contributed by atoms with van der Waals surface area (Å²) < 4.78 is 30.3. The van der Waals surface area contributed by atoms with Crippen molar-refractivity contribution in [2.75, 3.05) is 0 Å². The van der Waals surface area contributed by atoms with Crippen LogP contribution in [0.3, 0.4) is 0 Å². The quantitative estimate of drug-likeness (QED) is 0.648. The summed E-state index contributed by atoms with van der Waals surface area (Å²) in [5.41, 5.74) is 0.900. The van der Waals surface area contributed by atoms with Crippen molar-refractivity contribution in [1.29, 1.82) is 0 Å². The maximum Gasteiger partial charge on any atom is 0.294 e. The Morgan fingerprint density at radius 1 is 1.19 bits per heavy atom. The second-order valence-corrected chi connectivity index (χ2v) is 4.67. The topological polar surface area (TPSA) is 54.4 Å². The Labute approximate surface area is 95.9 Å². The third-order valence-corrected chi connectivity index (χ3v) is 2.86. The number of hydrogen-bond donors (Lipinski definition) is 1.